The topological polar surface area (TPSA) is 45.7 Å². The largest absolute Gasteiger partial charge is 0.385 e. The van der Waals surface area contributed by atoms with Crippen LogP contribution < -0.4 is 10.6 Å². The summed E-state index contributed by atoms with van der Waals surface area (Å²) in [5.41, 5.74) is 0.475. The molecule has 0 aromatic carbocycles. The van der Waals surface area contributed by atoms with E-state index in [9.17, 15) is 0 Å². The first-order valence-corrected chi connectivity index (χ1v) is 8.13. The van der Waals surface area contributed by atoms with Crippen molar-refractivity contribution in [1.82, 2.24) is 10.6 Å². The number of rotatable bonds is 9. The minimum Gasteiger partial charge on any atom is -0.385 e. The van der Waals surface area contributed by atoms with E-state index < -0.39 is 0 Å². The van der Waals surface area contributed by atoms with Gasteiger partial charge in [-0.2, -0.15) is 0 Å². The molecule has 20 heavy (non-hydrogen) atoms. The number of ether oxygens (including phenoxy) is 1. The van der Waals surface area contributed by atoms with Gasteiger partial charge >= 0.3 is 0 Å². The summed E-state index contributed by atoms with van der Waals surface area (Å²) in [6, 6.07) is 0. The molecule has 1 fully saturated rings. The van der Waals surface area contributed by atoms with Gasteiger partial charge in [-0.3, -0.25) is 4.99 Å². The Morgan fingerprint density at radius 1 is 1.30 bits per heavy atom. The van der Waals surface area contributed by atoms with E-state index in [1.165, 1.54) is 25.7 Å². The SMILES string of the molecule is CCNC(=NCC1(CC(C)C)CCC1)NCCCOC. The lowest BCUT2D eigenvalue weighted by Crippen LogP contribution is -2.40. The zero-order chi connectivity index (χ0) is 14.8. The summed E-state index contributed by atoms with van der Waals surface area (Å²) in [5, 5.41) is 6.72. The van der Waals surface area contributed by atoms with E-state index >= 15 is 0 Å². The number of hydrogen-bond acceptors (Lipinski definition) is 2. The Hall–Kier alpha value is -0.770. The first kappa shape index (κ1) is 17.3. The number of methoxy groups -OCH3 is 1. The maximum atomic E-state index is 5.07. The normalized spacial score (nSPS) is 17.9. The van der Waals surface area contributed by atoms with E-state index in [2.05, 4.69) is 31.4 Å². The van der Waals surface area contributed by atoms with E-state index in [1.807, 2.05) is 0 Å². The van der Waals surface area contributed by atoms with Gasteiger partial charge in [0.2, 0.25) is 0 Å². The highest BCUT2D eigenvalue weighted by Gasteiger charge is 2.37. The van der Waals surface area contributed by atoms with Gasteiger partial charge in [-0.15, -0.1) is 0 Å². The monoisotopic (exact) mass is 283 g/mol. The van der Waals surface area contributed by atoms with Gasteiger partial charge in [-0.05, 0) is 43.9 Å². The van der Waals surface area contributed by atoms with Crippen LogP contribution >= 0.6 is 0 Å². The Morgan fingerprint density at radius 3 is 2.55 bits per heavy atom. The zero-order valence-electron chi connectivity index (χ0n) is 13.8. The van der Waals surface area contributed by atoms with E-state index in [4.69, 9.17) is 9.73 Å². The van der Waals surface area contributed by atoms with Crippen molar-refractivity contribution < 1.29 is 4.74 Å². The summed E-state index contributed by atoms with van der Waals surface area (Å²) >= 11 is 0. The third-order valence-electron chi connectivity index (χ3n) is 3.99. The first-order chi connectivity index (χ1) is 9.62. The molecule has 0 heterocycles. The van der Waals surface area contributed by atoms with Crippen LogP contribution in [0.5, 0.6) is 0 Å². The molecule has 0 aliphatic heterocycles. The van der Waals surface area contributed by atoms with Crippen LogP contribution in [0.25, 0.3) is 0 Å². The molecule has 4 heteroatoms. The molecule has 1 rings (SSSR count). The quantitative estimate of drug-likeness (QED) is 0.388. The Kier molecular flexibility index (Phi) is 7.97. The second-order valence-electron chi connectivity index (χ2n) is 6.42. The zero-order valence-corrected chi connectivity index (χ0v) is 13.8. The summed E-state index contributed by atoms with van der Waals surface area (Å²) < 4.78 is 5.07. The lowest BCUT2D eigenvalue weighted by molar-refractivity contribution is 0.111. The predicted molar refractivity (Wildman–Crippen MR) is 86.2 cm³/mol. The lowest BCUT2D eigenvalue weighted by Gasteiger charge is -2.42. The lowest BCUT2D eigenvalue weighted by atomic mass is 9.64. The van der Waals surface area contributed by atoms with Crippen LogP contribution in [0.1, 0.15) is 52.9 Å². The Morgan fingerprint density at radius 2 is 2.05 bits per heavy atom. The molecule has 0 bridgehead atoms. The fourth-order valence-electron chi connectivity index (χ4n) is 2.98. The fourth-order valence-corrected chi connectivity index (χ4v) is 2.98. The average Bonchev–Trinajstić information content (AvgIpc) is 2.36. The van der Waals surface area contributed by atoms with E-state index in [1.54, 1.807) is 7.11 Å². The van der Waals surface area contributed by atoms with Gasteiger partial charge in [0, 0.05) is 33.4 Å². The molecule has 0 atom stereocenters. The standard InChI is InChI=1S/C16H33N3O/c1-5-17-15(18-10-7-11-20-4)19-13-16(8-6-9-16)12-14(2)3/h14H,5-13H2,1-4H3,(H2,17,18,19). The van der Waals surface area contributed by atoms with Crippen molar-refractivity contribution >= 4 is 5.96 Å². The Bertz CT molecular complexity index is 285. The van der Waals surface area contributed by atoms with Crippen LogP contribution in [-0.2, 0) is 4.74 Å². The number of aliphatic imine (C=N–C) groups is 1. The van der Waals surface area contributed by atoms with Gasteiger partial charge in [0.1, 0.15) is 0 Å². The summed E-state index contributed by atoms with van der Waals surface area (Å²) in [4.78, 5) is 4.81. The van der Waals surface area contributed by atoms with Crippen molar-refractivity contribution in [2.45, 2.75) is 52.9 Å². The fraction of sp³-hybridized carbons (Fsp3) is 0.938. The molecule has 1 aliphatic carbocycles. The van der Waals surface area contributed by atoms with Crippen LogP contribution in [0.2, 0.25) is 0 Å². The maximum absolute atomic E-state index is 5.07. The van der Waals surface area contributed by atoms with Crippen LogP contribution in [0, 0.1) is 11.3 Å². The van der Waals surface area contributed by atoms with Crippen molar-refractivity contribution in [2.75, 3.05) is 33.4 Å². The van der Waals surface area contributed by atoms with Crippen LogP contribution in [0.15, 0.2) is 4.99 Å². The molecule has 0 radical (unpaired) electrons. The van der Waals surface area contributed by atoms with Crippen molar-refractivity contribution in [3.63, 3.8) is 0 Å². The van der Waals surface area contributed by atoms with Crippen LogP contribution in [0.3, 0.4) is 0 Å². The number of nitrogens with zero attached hydrogens (tertiary/aromatic N) is 1. The third-order valence-corrected chi connectivity index (χ3v) is 3.99. The summed E-state index contributed by atoms with van der Waals surface area (Å²) in [7, 11) is 1.74. The summed E-state index contributed by atoms with van der Waals surface area (Å²) in [5.74, 6) is 1.72. The molecule has 0 aromatic heterocycles. The van der Waals surface area contributed by atoms with Gasteiger partial charge in [-0.25, -0.2) is 0 Å². The maximum Gasteiger partial charge on any atom is 0.191 e. The molecule has 4 nitrogen and oxygen atoms in total. The van der Waals surface area contributed by atoms with Gasteiger partial charge in [0.05, 0.1) is 0 Å². The molecule has 1 saturated carbocycles. The highest BCUT2D eigenvalue weighted by atomic mass is 16.5. The molecule has 0 aromatic rings. The molecule has 2 N–H and O–H groups in total. The Balaban J connectivity index is 2.43. The van der Waals surface area contributed by atoms with Gasteiger partial charge in [-0.1, -0.05) is 20.3 Å². The number of nitrogens with one attached hydrogen (secondary N) is 2. The molecule has 1 aliphatic rings. The number of hydrogen-bond donors (Lipinski definition) is 2. The van der Waals surface area contributed by atoms with E-state index in [0.717, 1.165) is 44.5 Å². The van der Waals surface area contributed by atoms with Crippen molar-refractivity contribution in [3.05, 3.63) is 0 Å². The van der Waals surface area contributed by atoms with Gasteiger partial charge in [0.15, 0.2) is 5.96 Å². The van der Waals surface area contributed by atoms with Crippen LogP contribution in [0.4, 0.5) is 0 Å². The molecular weight excluding hydrogens is 250 g/mol. The van der Waals surface area contributed by atoms with E-state index in [-0.39, 0.29) is 0 Å². The molecule has 0 spiro atoms. The smallest absolute Gasteiger partial charge is 0.191 e. The predicted octanol–water partition coefficient (Wildman–Crippen LogP) is 2.79. The molecule has 0 amide bonds. The molecular formula is C16H33N3O. The Labute approximate surface area is 124 Å². The van der Waals surface area contributed by atoms with Gasteiger partial charge in [0.25, 0.3) is 0 Å². The number of guanidine groups is 1. The highest BCUT2D eigenvalue weighted by Crippen LogP contribution is 2.46. The first-order valence-electron chi connectivity index (χ1n) is 8.13. The van der Waals surface area contributed by atoms with Crippen molar-refractivity contribution in [3.8, 4) is 0 Å². The highest BCUT2D eigenvalue weighted by molar-refractivity contribution is 5.79. The summed E-state index contributed by atoms with van der Waals surface area (Å²) in [6.07, 6.45) is 6.38. The molecule has 118 valence electrons. The summed E-state index contributed by atoms with van der Waals surface area (Å²) in [6.45, 7) is 10.3. The average molecular weight is 283 g/mol. The minimum absolute atomic E-state index is 0.475. The second-order valence-corrected chi connectivity index (χ2v) is 6.42. The van der Waals surface area contributed by atoms with Crippen LogP contribution in [-0.4, -0.2) is 39.3 Å². The van der Waals surface area contributed by atoms with Crippen molar-refractivity contribution in [2.24, 2.45) is 16.3 Å². The van der Waals surface area contributed by atoms with Gasteiger partial charge < -0.3 is 15.4 Å². The second kappa shape index (κ2) is 9.22. The third kappa shape index (κ3) is 6.12. The van der Waals surface area contributed by atoms with E-state index in [0.29, 0.717) is 5.41 Å². The van der Waals surface area contributed by atoms with Crippen molar-refractivity contribution in [1.29, 1.82) is 0 Å². The molecule has 0 unspecified atom stereocenters. The minimum atomic E-state index is 0.475. The molecule has 0 saturated heterocycles.